The summed E-state index contributed by atoms with van der Waals surface area (Å²) in [5, 5.41) is 8.80. The lowest BCUT2D eigenvalue weighted by molar-refractivity contribution is 0.210. The van der Waals surface area contributed by atoms with Crippen molar-refractivity contribution in [2.24, 2.45) is 0 Å². The van der Waals surface area contributed by atoms with E-state index in [-0.39, 0.29) is 12.5 Å². The van der Waals surface area contributed by atoms with Crippen molar-refractivity contribution in [3.63, 3.8) is 0 Å². The van der Waals surface area contributed by atoms with Gasteiger partial charge in [0.2, 0.25) is 0 Å². The highest BCUT2D eigenvalue weighted by atomic mass is 19.1. The lowest BCUT2D eigenvalue weighted by Crippen LogP contribution is -1.90. The number of benzene rings is 1. The van der Waals surface area contributed by atoms with Crippen LogP contribution in [0, 0.1) is 5.82 Å². The van der Waals surface area contributed by atoms with E-state index < -0.39 is 0 Å². The lowest BCUT2D eigenvalue weighted by atomic mass is 10.2. The molecule has 0 aliphatic rings. The Labute approximate surface area is 80.5 Å². The number of halogens is 1. The molecule has 0 unspecified atom stereocenters. The van der Waals surface area contributed by atoms with Crippen molar-refractivity contribution in [3.8, 4) is 11.3 Å². The van der Waals surface area contributed by atoms with Crippen molar-refractivity contribution < 1.29 is 9.50 Å². The molecule has 1 aromatic heterocycles. The molecule has 0 bridgehead atoms. The largest absolute Gasteiger partial charge is 0.376 e. The zero-order chi connectivity index (χ0) is 9.97. The summed E-state index contributed by atoms with van der Waals surface area (Å²) < 4.78 is 14.1. The second-order valence-corrected chi connectivity index (χ2v) is 2.92. The Morgan fingerprint density at radius 2 is 2.00 bits per heavy atom. The fraction of sp³-hybridized carbons (Fsp3) is 0.100. The van der Waals surface area contributed by atoms with Gasteiger partial charge in [-0.25, -0.2) is 9.37 Å². The van der Waals surface area contributed by atoms with Crippen molar-refractivity contribution in [2.45, 2.75) is 6.73 Å². The molecule has 1 aromatic carbocycles. The van der Waals surface area contributed by atoms with E-state index in [1.54, 1.807) is 22.9 Å². The van der Waals surface area contributed by atoms with Gasteiger partial charge in [-0.3, -0.25) is 0 Å². The fourth-order valence-electron chi connectivity index (χ4n) is 1.21. The van der Waals surface area contributed by atoms with Crippen molar-refractivity contribution >= 4 is 0 Å². The first-order valence-electron chi connectivity index (χ1n) is 4.18. The van der Waals surface area contributed by atoms with Gasteiger partial charge in [-0.1, -0.05) is 0 Å². The molecule has 0 radical (unpaired) electrons. The molecular formula is C10H9FN2O. The Morgan fingerprint density at radius 3 is 2.57 bits per heavy atom. The van der Waals surface area contributed by atoms with Crippen LogP contribution in [0.15, 0.2) is 36.8 Å². The number of aliphatic hydroxyl groups is 1. The molecule has 2 rings (SSSR count). The van der Waals surface area contributed by atoms with Crippen LogP contribution >= 0.6 is 0 Å². The van der Waals surface area contributed by atoms with Crippen LogP contribution in [-0.2, 0) is 6.73 Å². The van der Waals surface area contributed by atoms with Gasteiger partial charge in [0.1, 0.15) is 12.5 Å². The first kappa shape index (κ1) is 8.90. The number of hydrogen-bond acceptors (Lipinski definition) is 2. The predicted molar refractivity (Wildman–Crippen MR) is 49.8 cm³/mol. The Balaban J connectivity index is 2.34. The van der Waals surface area contributed by atoms with Crippen molar-refractivity contribution in [1.29, 1.82) is 0 Å². The minimum absolute atomic E-state index is 0.103. The molecule has 2 aromatic rings. The summed E-state index contributed by atoms with van der Waals surface area (Å²) in [5.74, 6) is -0.268. The van der Waals surface area contributed by atoms with Crippen LogP contribution in [0.25, 0.3) is 11.3 Å². The van der Waals surface area contributed by atoms with E-state index >= 15 is 0 Å². The Bertz CT molecular complexity index is 422. The zero-order valence-electron chi connectivity index (χ0n) is 7.39. The van der Waals surface area contributed by atoms with Gasteiger partial charge in [0.05, 0.1) is 12.0 Å². The number of hydrogen-bond donors (Lipinski definition) is 1. The third-order valence-electron chi connectivity index (χ3n) is 1.94. The summed E-state index contributed by atoms with van der Waals surface area (Å²) in [6.45, 7) is -0.103. The molecule has 3 nitrogen and oxygen atoms in total. The number of aliphatic hydroxyl groups excluding tert-OH is 1. The van der Waals surface area contributed by atoms with E-state index in [1.165, 1.54) is 18.5 Å². The predicted octanol–water partition coefficient (Wildman–Crippen LogP) is 1.64. The van der Waals surface area contributed by atoms with Crippen LogP contribution in [0.3, 0.4) is 0 Å². The smallest absolute Gasteiger partial charge is 0.123 e. The van der Waals surface area contributed by atoms with Gasteiger partial charge in [-0.2, -0.15) is 0 Å². The highest BCUT2D eigenvalue weighted by molar-refractivity contribution is 5.57. The second kappa shape index (κ2) is 3.59. The summed E-state index contributed by atoms with van der Waals surface area (Å²) in [6, 6.07) is 6.07. The molecule has 0 spiro atoms. The van der Waals surface area contributed by atoms with Crippen molar-refractivity contribution in [1.82, 2.24) is 9.55 Å². The monoisotopic (exact) mass is 192 g/mol. The maximum absolute atomic E-state index is 12.6. The first-order chi connectivity index (χ1) is 6.79. The Morgan fingerprint density at radius 1 is 1.29 bits per heavy atom. The third kappa shape index (κ3) is 1.65. The zero-order valence-corrected chi connectivity index (χ0v) is 7.39. The number of nitrogens with zero attached hydrogens (tertiary/aromatic N) is 2. The molecule has 0 saturated carbocycles. The molecule has 72 valence electrons. The molecule has 0 saturated heterocycles. The van der Waals surface area contributed by atoms with E-state index in [2.05, 4.69) is 4.98 Å². The SMILES string of the molecule is OCn1cnc(-c2ccc(F)cc2)c1. The summed E-state index contributed by atoms with van der Waals surface area (Å²) in [6.07, 6.45) is 3.23. The Hall–Kier alpha value is -1.68. The summed E-state index contributed by atoms with van der Waals surface area (Å²) >= 11 is 0. The quantitative estimate of drug-likeness (QED) is 0.785. The van der Waals surface area contributed by atoms with E-state index in [1.807, 2.05) is 0 Å². The van der Waals surface area contributed by atoms with E-state index in [9.17, 15) is 4.39 Å². The standard InChI is InChI=1S/C10H9FN2O/c11-9-3-1-8(2-4-9)10-5-13(7-14)6-12-10/h1-6,14H,7H2. The van der Waals surface area contributed by atoms with Crippen LogP contribution in [0.1, 0.15) is 0 Å². The number of aromatic nitrogens is 2. The summed E-state index contributed by atoms with van der Waals surface area (Å²) in [5.41, 5.74) is 1.55. The first-order valence-corrected chi connectivity index (χ1v) is 4.18. The lowest BCUT2D eigenvalue weighted by Gasteiger charge is -1.95. The normalized spacial score (nSPS) is 10.4. The van der Waals surface area contributed by atoms with Crippen LogP contribution in [-0.4, -0.2) is 14.7 Å². The Kier molecular flexibility index (Phi) is 2.28. The van der Waals surface area contributed by atoms with Gasteiger partial charge in [-0.15, -0.1) is 0 Å². The van der Waals surface area contributed by atoms with Crippen molar-refractivity contribution in [2.75, 3.05) is 0 Å². The molecule has 0 atom stereocenters. The molecular weight excluding hydrogens is 183 g/mol. The highest BCUT2D eigenvalue weighted by Gasteiger charge is 2.01. The van der Waals surface area contributed by atoms with Gasteiger partial charge in [0.25, 0.3) is 0 Å². The highest BCUT2D eigenvalue weighted by Crippen LogP contribution is 2.16. The third-order valence-corrected chi connectivity index (χ3v) is 1.94. The summed E-state index contributed by atoms with van der Waals surface area (Å²) in [4.78, 5) is 4.07. The minimum Gasteiger partial charge on any atom is -0.376 e. The molecule has 1 heterocycles. The van der Waals surface area contributed by atoms with E-state index in [4.69, 9.17) is 5.11 Å². The topological polar surface area (TPSA) is 38.0 Å². The molecule has 4 heteroatoms. The molecule has 0 aliphatic heterocycles. The van der Waals surface area contributed by atoms with Gasteiger partial charge in [0, 0.05) is 11.8 Å². The van der Waals surface area contributed by atoms with Gasteiger partial charge < -0.3 is 9.67 Å². The van der Waals surface area contributed by atoms with Gasteiger partial charge in [0.15, 0.2) is 0 Å². The molecule has 0 aliphatic carbocycles. The number of rotatable bonds is 2. The van der Waals surface area contributed by atoms with E-state index in [0.717, 1.165) is 11.3 Å². The number of imidazole rings is 1. The molecule has 0 fully saturated rings. The van der Waals surface area contributed by atoms with Crippen LogP contribution < -0.4 is 0 Å². The molecule has 14 heavy (non-hydrogen) atoms. The van der Waals surface area contributed by atoms with Gasteiger partial charge in [-0.05, 0) is 24.3 Å². The maximum atomic E-state index is 12.6. The molecule has 1 N–H and O–H groups in total. The average molecular weight is 192 g/mol. The van der Waals surface area contributed by atoms with Crippen LogP contribution in [0.5, 0.6) is 0 Å². The average Bonchev–Trinajstić information content (AvgIpc) is 2.67. The second-order valence-electron chi connectivity index (χ2n) is 2.92. The maximum Gasteiger partial charge on any atom is 0.123 e. The van der Waals surface area contributed by atoms with E-state index in [0.29, 0.717) is 0 Å². The summed E-state index contributed by atoms with van der Waals surface area (Å²) in [7, 11) is 0. The van der Waals surface area contributed by atoms with Crippen LogP contribution in [0.2, 0.25) is 0 Å². The van der Waals surface area contributed by atoms with Crippen molar-refractivity contribution in [3.05, 3.63) is 42.6 Å². The minimum atomic E-state index is -0.268. The van der Waals surface area contributed by atoms with Gasteiger partial charge >= 0.3 is 0 Å². The fourth-order valence-corrected chi connectivity index (χ4v) is 1.21. The van der Waals surface area contributed by atoms with Crippen LogP contribution in [0.4, 0.5) is 4.39 Å². The molecule has 0 amide bonds.